The fraction of sp³-hybridized carbons (Fsp3) is 0.333. The summed E-state index contributed by atoms with van der Waals surface area (Å²) >= 11 is 0. The third kappa shape index (κ3) is 4.45. The number of aromatic nitrogens is 2. The van der Waals surface area contributed by atoms with Crippen LogP contribution >= 0.6 is 0 Å². The van der Waals surface area contributed by atoms with E-state index < -0.39 is 0 Å². The molecular formula is C18H23N3O2. The molecule has 0 atom stereocenters. The molecule has 0 bridgehead atoms. The number of hydrogen-bond donors (Lipinski definition) is 0. The van der Waals surface area contributed by atoms with Crippen LogP contribution in [0.3, 0.4) is 0 Å². The Morgan fingerprint density at radius 2 is 2.13 bits per heavy atom. The number of methoxy groups -OCH3 is 1. The maximum Gasteiger partial charge on any atom is 0.222 e. The average molecular weight is 313 g/mol. The lowest BCUT2D eigenvalue weighted by Gasteiger charge is -2.20. The summed E-state index contributed by atoms with van der Waals surface area (Å²) in [5, 5.41) is 0. The smallest absolute Gasteiger partial charge is 0.222 e. The number of ether oxygens (including phenoxy) is 1. The van der Waals surface area contributed by atoms with Crippen LogP contribution in [0.5, 0.6) is 5.75 Å². The largest absolute Gasteiger partial charge is 0.497 e. The lowest BCUT2D eigenvalue weighted by atomic mass is 10.2. The lowest BCUT2D eigenvalue weighted by molar-refractivity contribution is -0.131. The minimum atomic E-state index is 0.101. The van der Waals surface area contributed by atoms with Crippen molar-refractivity contribution in [2.75, 3.05) is 13.7 Å². The molecule has 2 aromatic rings. The van der Waals surface area contributed by atoms with Crippen molar-refractivity contribution in [1.29, 1.82) is 0 Å². The molecule has 0 fully saturated rings. The molecule has 5 heteroatoms. The number of hydrogen-bond acceptors (Lipinski definition) is 3. The SMILES string of the molecule is C=CCN(Cc1nccn1Cc1ccc(OC)cc1)C(=O)CC. The Morgan fingerprint density at radius 3 is 2.74 bits per heavy atom. The second-order valence-corrected chi connectivity index (χ2v) is 5.24. The summed E-state index contributed by atoms with van der Waals surface area (Å²) in [4.78, 5) is 18.2. The Hall–Kier alpha value is -2.56. The highest BCUT2D eigenvalue weighted by Gasteiger charge is 2.13. The minimum absolute atomic E-state index is 0.101. The normalized spacial score (nSPS) is 10.3. The molecule has 2 rings (SSSR count). The first-order valence-corrected chi connectivity index (χ1v) is 7.69. The first-order chi connectivity index (χ1) is 11.2. The van der Waals surface area contributed by atoms with Gasteiger partial charge in [0, 0.05) is 31.9 Å². The third-order valence-corrected chi connectivity index (χ3v) is 3.65. The fourth-order valence-electron chi connectivity index (χ4n) is 2.37. The summed E-state index contributed by atoms with van der Waals surface area (Å²) in [6, 6.07) is 7.94. The topological polar surface area (TPSA) is 47.4 Å². The molecule has 0 aliphatic heterocycles. The van der Waals surface area contributed by atoms with Crippen LogP contribution in [0.1, 0.15) is 24.7 Å². The van der Waals surface area contributed by atoms with Crippen molar-refractivity contribution in [3.8, 4) is 5.75 Å². The molecule has 1 amide bonds. The van der Waals surface area contributed by atoms with Gasteiger partial charge in [-0.1, -0.05) is 25.1 Å². The summed E-state index contributed by atoms with van der Waals surface area (Å²) in [7, 11) is 1.65. The van der Waals surface area contributed by atoms with Gasteiger partial charge >= 0.3 is 0 Å². The molecule has 0 saturated heterocycles. The Balaban J connectivity index is 2.11. The molecule has 122 valence electrons. The molecule has 23 heavy (non-hydrogen) atoms. The van der Waals surface area contributed by atoms with E-state index in [0.717, 1.165) is 17.1 Å². The Morgan fingerprint density at radius 1 is 1.39 bits per heavy atom. The number of amides is 1. The number of nitrogens with zero attached hydrogens (tertiary/aromatic N) is 3. The van der Waals surface area contributed by atoms with Gasteiger partial charge in [-0.25, -0.2) is 4.98 Å². The second-order valence-electron chi connectivity index (χ2n) is 5.24. The zero-order chi connectivity index (χ0) is 16.7. The molecule has 1 aromatic heterocycles. The highest BCUT2D eigenvalue weighted by molar-refractivity contribution is 5.75. The quantitative estimate of drug-likeness (QED) is 0.704. The molecule has 0 radical (unpaired) electrons. The first-order valence-electron chi connectivity index (χ1n) is 7.69. The van der Waals surface area contributed by atoms with Crippen LogP contribution in [0.4, 0.5) is 0 Å². The van der Waals surface area contributed by atoms with E-state index in [9.17, 15) is 4.79 Å². The van der Waals surface area contributed by atoms with Crippen LogP contribution in [0.15, 0.2) is 49.3 Å². The highest BCUT2D eigenvalue weighted by atomic mass is 16.5. The molecule has 0 N–H and O–H groups in total. The van der Waals surface area contributed by atoms with Crippen molar-refractivity contribution in [3.63, 3.8) is 0 Å². The van der Waals surface area contributed by atoms with Gasteiger partial charge in [0.05, 0.1) is 13.7 Å². The van der Waals surface area contributed by atoms with E-state index >= 15 is 0 Å². The van der Waals surface area contributed by atoms with E-state index in [2.05, 4.69) is 16.1 Å². The van der Waals surface area contributed by atoms with Crippen molar-refractivity contribution in [2.24, 2.45) is 0 Å². The lowest BCUT2D eigenvalue weighted by Crippen LogP contribution is -2.31. The van der Waals surface area contributed by atoms with Crippen LogP contribution in [-0.4, -0.2) is 34.0 Å². The van der Waals surface area contributed by atoms with Gasteiger partial charge in [0.25, 0.3) is 0 Å². The first kappa shape index (κ1) is 16.8. The van der Waals surface area contributed by atoms with Gasteiger partial charge in [0.1, 0.15) is 11.6 Å². The predicted molar refractivity (Wildman–Crippen MR) is 90.2 cm³/mol. The molecule has 0 saturated carbocycles. The van der Waals surface area contributed by atoms with Crippen LogP contribution in [-0.2, 0) is 17.9 Å². The maximum absolute atomic E-state index is 12.0. The average Bonchev–Trinajstić information content (AvgIpc) is 3.01. The molecule has 0 unspecified atom stereocenters. The van der Waals surface area contributed by atoms with Crippen molar-refractivity contribution in [3.05, 3.63) is 60.7 Å². The van der Waals surface area contributed by atoms with Gasteiger partial charge in [-0.15, -0.1) is 6.58 Å². The summed E-state index contributed by atoms with van der Waals surface area (Å²) in [5.41, 5.74) is 1.15. The van der Waals surface area contributed by atoms with Gasteiger partial charge in [0.15, 0.2) is 0 Å². The molecule has 0 spiro atoms. The van der Waals surface area contributed by atoms with Crippen LogP contribution < -0.4 is 4.74 Å². The van der Waals surface area contributed by atoms with E-state index in [-0.39, 0.29) is 5.91 Å². The van der Waals surface area contributed by atoms with Gasteiger partial charge in [-0.05, 0) is 17.7 Å². The maximum atomic E-state index is 12.0. The van der Waals surface area contributed by atoms with E-state index in [1.54, 1.807) is 24.3 Å². The summed E-state index contributed by atoms with van der Waals surface area (Å²) < 4.78 is 7.23. The summed E-state index contributed by atoms with van der Waals surface area (Å²) in [6.07, 6.45) is 5.92. The molecule has 0 aliphatic carbocycles. The second kappa shape index (κ2) is 8.17. The van der Waals surface area contributed by atoms with Gasteiger partial charge in [-0.3, -0.25) is 4.79 Å². The molecule has 1 aromatic carbocycles. The zero-order valence-electron chi connectivity index (χ0n) is 13.7. The number of rotatable bonds is 8. The Kier molecular flexibility index (Phi) is 5.97. The van der Waals surface area contributed by atoms with Crippen molar-refractivity contribution < 1.29 is 9.53 Å². The third-order valence-electron chi connectivity index (χ3n) is 3.65. The van der Waals surface area contributed by atoms with E-state index in [1.807, 2.05) is 37.4 Å². The summed E-state index contributed by atoms with van der Waals surface area (Å²) in [6.45, 7) is 7.31. The van der Waals surface area contributed by atoms with E-state index in [4.69, 9.17) is 4.74 Å². The highest BCUT2D eigenvalue weighted by Crippen LogP contribution is 2.14. The zero-order valence-corrected chi connectivity index (χ0v) is 13.7. The van der Waals surface area contributed by atoms with Crippen LogP contribution in [0.25, 0.3) is 0 Å². The molecule has 1 heterocycles. The molecule has 5 nitrogen and oxygen atoms in total. The Labute approximate surface area is 137 Å². The summed E-state index contributed by atoms with van der Waals surface area (Å²) in [5.74, 6) is 1.80. The fourth-order valence-corrected chi connectivity index (χ4v) is 2.37. The van der Waals surface area contributed by atoms with Crippen molar-refractivity contribution in [2.45, 2.75) is 26.4 Å². The standard InChI is InChI=1S/C18H23N3O2/c1-4-11-21(18(22)5-2)14-17-19-10-12-20(17)13-15-6-8-16(23-3)9-7-15/h4,6-10,12H,1,5,11,13-14H2,2-3H3. The van der Waals surface area contributed by atoms with Crippen LogP contribution in [0.2, 0.25) is 0 Å². The predicted octanol–water partition coefficient (Wildman–Crippen LogP) is 2.86. The van der Waals surface area contributed by atoms with Gasteiger partial charge < -0.3 is 14.2 Å². The molecule has 0 aliphatic rings. The Bertz CT molecular complexity index is 647. The molecular weight excluding hydrogens is 290 g/mol. The monoisotopic (exact) mass is 313 g/mol. The van der Waals surface area contributed by atoms with Crippen molar-refractivity contribution >= 4 is 5.91 Å². The van der Waals surface area contributed by atoms with E-state index in [0.29, 0.717) is 26.1 Å². The number of carbonyl (C=O) groups is 1. The number of imidazole rings is 1. The van der Waals surface area contributed by atoms with Gasteiger partial charge in [-0.2, -0.15) is 0 Å². The van der Waals surface area contributed by atoms with Crippen molar-refractivity contribution in [1.82, 2.24) is 14.5 Å². The number of benzene rings is 1. The van der Waals surface area contributed by atoms with Gasteiger partial charge in [0.2, 0.25) is 5.91 Å². The van der Waals surface area contributed by atoms with Crippen LogP contribution in [0, 0.1) is 0 Å². The number of carbonyl (C=O) groups excluding carboxylic acids is 1. The minimum Gasteiger partial charge on any atom is -0.497 e. The van der Waals surface area contributed by atoms with E-state index in [1.165, 1.54) is 0 Å².